The molecule has 196 valence electrons. The lowest BCUT2D eigenvalue weighted by molar-refractivity contribution is -0.124. The van der Waals surface area contributed by atoms with Gasteiger partial charge in [-0.3, -0.25) is 14.4 Å². The van der Waals surface area contributed by atoms with Crippen molar-refractivity contribution in [3.63, 3.8) is 0 Å². The number of nitrogens with zero attached hydrogens (tertiary/aromatic N) is 1. The normalized spacial score (nSPS) is 11.0. The molecule has 0 saturated carbocycles. The van der Waals surface area contributed by atoms with Gasteiger partial charge in [0.1, 0.15) is 5.69 Å². The maximum absolute atomic E-state index is 13.0. The average Bonchev–Trinajstić information content (AvgIpc) is 3.22. The van der Waals surface area contributed by atoms with Gasteiger partial charge in [-0.1, -0.05) is 55.2 Å². The molecule has 0 radical (unpaired) electrons. The maximum atomic E-state index is 13.0. The van der Waals surface area contributed by atoms with Crippen molar-refractivity contribution in [3.8, 4) is 0 Å². The molecule has 3 N–H and O–H groups in total. The number of rotatable bonds is 8. The zero-order chi connectivity index (χ0) is 27.4. The van der Waals surface area contributed by atoms with Crippen LogP contribution in [0.3, 0.4) is 0 Å². The van der Waals surface area contributed by atoms with Crippen molar-refractivity contribution in [3.05, 3.63) is 99.2 Å². The molecule has 3 amide bonds. The van der Waals surface area contributed by atoms with Gasteiger partial charge in [-0.25, -0.2) is 0 Å². The summed E-state index contributed by atoms with van der Waals surface area (Å²) in [5.41, 5.74) is 3.87. The molecule has 0 bridgehead atoms. The second-order valence-electron chi connectivity index (χ2n) is 9.32. The first kappa shape index (κ1) is 27.2. The molecule has 4 aromatic rings. The summed E-state index contributed by atoms with van der Waals surface area (Å²) in [5.74, 6) is -0.795. The van der Waals surface area contributed by atoms with Gasteiger partial charge in [0.05, 0.1) is 10.6 Å². The Labute approximate surface area is 231 Å². The molecular formula is C29H28Cl2N4O3. The van der Waals surface area contributed by atoms with Gasteiger partial charge >= 0.3 is 0 Å². The first-order valence-corrected chi connectivity index (χ1v) is 12.9. The molecule has 3 aromatic carbocycles. The SMILES string of the molecule is CC(C)C(=O)NCc1ccc(Cl)c(C(=O)Nc2ccc3c(c2)cc(C(=O)NCc2cccc(Cl)c2)n3C)c1. The molecule has 1 aromatic heterocycles. The topological polar surface area (TPSA) is 92.2 Å². The largest absolute Gasteiger partial charge is 0.352 e. The van der Waals surface area contributed by atoms with Gasteiger partial charge in [0, 0.05) is 47.7 Å². The molecule has 0 aliphatic carbocycles. The quantitative estimate of drug-likeness (QED) is 0.253. The van der Waals surface area contributed by atoms with Gasteiger partial charge < -0.3 is 20.5 Å². The Morgan fingerprint density at radius 1 is 0.842 bits per heavy atom. The van der Waals surface area contributed by atoms with E-state index >= 15 is 0 Å². The number of aromatic nitrogens is 1. The van der Waals surface area contributed by atoms with Gasteiger partial charge in [0.15, 0.2) is 0 Å². The summed E-state index contributed by atoms with van der Waals surface area (Å²) in [4.78, 5) is 37.8. The molecule has 0 spiro atoms. The number of carbonyl (C=O) groups is 3. The number of hydrogen-bond donors (Lipinski definition) is 3. The Morgan fingerprint density at radius 2 is 1.58 bits per heavy atom. The third kappa shape index (κ3) is 6.36. The number of anilines is 1. The van der Waals surface area contributed by atoms with Crippen molar-refractivity contribution in [2.24, 2.45) is 13.0 Å². The Kier molecular flexibility index (Phi) is 8.39. The van der Waals surface area contributed by atoms with Gasteiger partial charge in [-0.15, -0.1) is 0 Å². The standard InChI is InChI=1S/C29H28Cl2N4O3/c1-17(2)27(36)32-16-19-7-9-24(31)23(12-19)28(37)34-22-8-10-25-20(13-22)14-26(35(25)3)29(38)33-15-18-5-4-6-21(30)11-18/h4-14,17H,15-16H2,1-3H3,(H,32,36)(H,33,38)(H,34,37). The fourth-order valence-electron chi connectivity index (χ4n) is 4.01. The number of aryl methyl sites for hydroxylation is 1. The van der Waals surface area contributed by atoms with Crippen LogP contribution in [0, 0.1) is 5.92 Å². The molecule has 38 heavy (non-hydrogen) atoms. The highest BCUT2D eigenvalue weighted by Crippen LogP contribution is 2.25. The molecule has 7 nitrogen and oxygen atoms in total. The predicted octanol–water partition coefficient (Wildman–Crippen LogP) is 5.94. The second-order valence-corrected chi connectivity index (χ2v) is 10.2. The summed E-state index contributed by atoms with van der Waals surface area (Å²) in [5, 5.41) is 10.4. The lowest BCUT2D eigenvalue weighted by atomic mass is 10.1. The first-order valence-electron chi connectivity index (χ1n) is 12.1. The summed E-state index contributed by atoms with van der Waals surface area (Å²) in [6.45, 7) is 4.28. The van der Waals surface area contributed by atoms with E-state index in [4.69, 9.17) is 23.2 Å². The second kappa shape index (κ2) is 11.7. The van der Waals surface area contributed by atoms with Crippen LogP contribution >= 0.6 is 23.2 Å². The Balaban J connectivity index is 1.47. The van der Waals surface area contributed by atoms with Gasteiger partial charge in [0.25, 0.3) is 11.8 Å². The highest BCUT2D eigenvalue weighted by Gasteiger charge is 2.16. The van der Waals surface area contributed by atoms with E-state index in [1.54, 1.807) is 41.0 Å². The van der Waals surface area contributed by atoms with E-state index in [1.807, 2.05) is 51.2 Å². The lowest BCUT2D eigenvalue weighted by Gasteiger charge is -2.11. The molecule has 0 aliphatic heterocycles. The summed E-state index contributed by atoms with van der Waals surface area (Å²) in [7, 11) is 1.82. The zero-order valence-electron chi connectivity index (χ0n) is 21.3. The molecule has 0 atom stereocenters. The van der Waals surface area contributed by atoms with Crippen LogP contribution in [0.15, 0.2) is 66.7 Å². The molecule has 0 aliphatic rings. The fraction of sp³-hybridized carbons (Fsp3) is 0.207. The van der Waals surface area contributed by atoms with Crippen LogP contribution in [0.1, 0.15) is 45.8 Å². The van der Waals surface area contributed by atoms with Gasteiger partial charge in [0.2, 0.25) is 5.91 Å². The average molecular weight is 551 g/mol. The number of fused-ring (bicyclic) bond motifs is 1. The first-order chi connectivity index (χ1) is 18.1. The van der Waals surface area contributed by atoms with Crippen LogP contribution in [-0.4, -0.2) is 22.3 Å². The minimum Gasteiger partial charge on any atom is -0.352 e. The van der Waals surface area contributed by atoms with E-state index < -0.39 is 0 Å². The van der Waals surface area contributed by atoms with Crippen molar-refractivity contribution in [1.29, 1.82) is 0 Å². The van der Waals surface area contributed by atoms with Crippen LogP contribution in [-0.2, 0) is 24.9 Å². The molecule has 0 unspecified atom stereocenters. The van der Waals surface area contributed by atoms with Gasteiger partial charge in [-0.05, 0) is 59.7 Å². The summed E-state index contributed by atoms with van der Waals surface area (Å²) in [6, 6.07) is 19.6. The Hall–Kier alpha value is -3.81. The molecule has 0 saturated heterocycles. The number of hydrogen-bond acceptors (Lipinski definition) is 3. The highest BCUT2D eigenvalue weighted by molar-refractivity contribution is 6.34. The van der Waals surface area contributed by atoms with Crippen molar-refractivity contribution in [1.82, 2.24) is 15.2 Å². The van der Waals surface area contributed by atoms with Gasteiger partial charge in [-0.2, -0.15) is 0 Å². The molecule has 1 heterocycles. The summed E-state index contributed by atoms with van der Waals surface area (Å²) < 4.78 is 1.81. The van der Waals surface area contributed by atoms with Crippen LogP contribution in [0.5, 0.6) is 0 Å². The van der Waals surface area contributed by atoms with Crippen molar-refractivity contribution >= 4 is 57.5 Å². The minimum absolute atomic E-state index is 0.0698. The molecule has 0 fully saturated rings. The molecule has 9 heteroatoms. The van der Waals surface area contributed by atoms with Crippen LogP contribution in [0.2, 0.25) is 10.0 Å². The number of nitrogens with one attached hydrogen (secondary N) is 3. The van der Waals surface area contributed by atoms with Crippen LogP contribution in [0.4, 0.5) is 5.69 Å². The fourth-order valence-corrected chi connectivity index (χ4v) is 4.43. The van der Waals surface area contributed by atoms with E-state index in [1.165, 1.54) is 0 Å². The molecular weight excluding hydrogens is 523 g/mol. The Bertz CT molecular complexity index is 1530. The molecule has 4 rings (SSSR count). The van der Waals surface area contributed by atoms with Crippen LogP contribution in [0.25, 0.3) is 10.9 Å². The van der Waals surface area contributed by atoms with E-state index in [0.29, 0.717) is 40.1 Å². The monoisotopic (exact) mass is 550 g/mol. The Morgan fingerprint density at radius 3 is 2.32 bits per heavy atom. The lowest BCUT2D eigenvalue weighted by Crippen LogP contribution is -2.27. The third-order valence-electron chi connectivity index (χ3n) is 6.14. The van der Waals surface area contributed by atoms with E-state index in [2.05, 4.69) is 16.0 Å². The smallest absolute Gasteiger partial charge is 0.268 e. The van der Waals surface area contributed by atoms with Crippen LogP contribution < -0.4 is 16.0 Å². The minimum atomic E-state index is -0.373. The highest BCUT2D eigenvalue weighted by atomic mass is 35.5. The maximum Gasteiger partial charge on any atom is 0.268 e. The zero-order valence-corrected chi connectivity index (χ0v) is 22.8. The number of halogens is 2. The van der Waals surface area contributed by atoms with Crippen molar-refractivity contribution in [2.45, 2.75) is 26.9 Å². The van der Waals surface area contributed by atoms with E-state index in [9.17, 15) is 14.4 Å². The van der Waals surface area contributed by atoms with Crippen molar-refractivity contribution in [2.75, 3.05) is 5.32 Å². The number of carbonyl (C=O) groups excluding carboxylic acids is 3. The summed E-state index contributed by atoms with van der Waals surface area (Å²) >= 11 is 12.3. The predicted molar refractivity (Wildman–Crippen MR) is 152 cm³/mol. The number of benzene rings is 3. The third-order valence-corrected chi connectivity index (χ3v) is 6.71. The van der Waals surface area contributed by atoms with Crippen molar-refractivity contribution < 1.29 is 14.4 Å². The number of amides is 3. The van der Waals surface area contributed by atoms with E-state index in [-0.39, 0.29) is 23.6 Å². The summed E-state index contributed by atoms with van der Waals surface area (Å²) in [6.07, 6.45) is 0. The van der Waals surface area contributed by atoms with E-state index in [0.717, 1.165) is 22.0 Å².